The third-order valence-electron chi connectivity index (χ3n) is 2.30. The zero-order valence-corrected chi connectivity index (χ0v) is 10.7. The van der Waals surface area contributed by atoms with Crippen LogP contribution in [0, 0.1) is 0 Å². The van der Waals surface area contributed by atoms with E-state index in [1.807, 2.05) is 29.0 Å². The molecule has 2 aromatic rings. The molecule has 84 valence electrons. The molecule has 0 saturated carbocycles. The van der Waals surface area contributed by atoms with Crippen molar-refractivity contribution in [3.05, 3.63) is 51.5 Å². The molecular formula is C11H10BrClN2O. The molecule has 0 bridgehead atoms. The van der Waals surface area contributed by atoms with Crippen LogP contribution in [-0.4, -0.2) is 14.7 Å². The average Bonchev–Trinajstić information content (AvgIpc) is 2.69. The van der Waals surface area contributed by atoms with Crippen LogP contribution in [0.4, 0.5) is 0 Å². The maximum absolute atomic E-state index is 9.07. The summed E-state index contributed by atoms with van der Waals surface area (Å²) in [5.74, 6) is 0.638. The number of nitrogens with zero attached hydrogens (tertiary/aromatic N) is 2. The topological polar surface area (TPSA) is 38.1 Å². The van der Waals surface area contributed by atoms with Crippen molar-refractivity contribution in [3.63, 3.8) is 0 Å². The minimum Gasteiger partial charge on any atom is -0.388 e. The average molecular weight is 302 g/mol. The van der Waals surface area contributed by atoms with Crippen LogP contribution in [0.3, 0.4) is 0 Å². The molecule has 1 N–H and O–H groups in total. The first-order chi connectivity index (χ1) is 7.70. The van der Waals surface area contributed by atoms with E-state index in [0.29, 0.717) is 17.4 Å². The van der Waals surface area contributed by atoms with E-state index < -0.39 is 0 Å². The van der Waals surface area contributed by atoms with Crippen molar-refractivity contribution in [2.24, 2.45) is 0 Å². The molecule has 0 spiro atoms. The summed E-state index contributed by atoms with van der Waals surface area (Å²) in [7, 11) is 0. The van der Waals surface area contributed by atoms with Crippen LogP contribution < -0.4 is 0 Å². The summed E-state index contributed by atoms with van der Waals surface area (Å²) < 4.78 is 2.82. The van der Waals surface area contributed by atoms with E-state index in [4.69, 9.17) is 16.7 Å². The van der Waals surface area contributed by atoms with E-state index in [1.54, 1.807) is 6.20 Å². The van der Waals surface area contributed by atoms with Gasteiger partial charge in [0.2, 0.25) is 0 Å². The fourth-order valence-electron chi connectivity index (χ4n) is 1.47. The van der Waals surface area contributed by atoms with Gasteiger partial charge in [0.15, 0.2) is 0 Å². The number of hydrogen-bond donors (Lipinski definition) is 1. The molecule has 0 unspecified atom stereocenters. The fourth-order valence-corrected chi connectivity index (χ4v) is 2.20. The van der Waals surface area contributed by atoms with Gasteiger partial charge in [-0.25, -0.2) is 4.98 Å². The first kappa shape index (κ1) is 11.6. The van der Waals surface area contributed by atoms with Crippen LogP contribution in [0.1, 0.15) is 11.4 Å². The molecule has 0 amide bonds. The van der Waals surface area contributed by atoms with Crippen LogP contribution in [0.2, 0.25) is 5.02 Å². The van der Waals surface area contributed by atoms with Crippen molar-refractivity contribution in [2.45, 2.75) is 13.2 Å². The van der Waals surface area contributed by atoms with E-state index in [2.05, 4.69) is 20.9 Å². The summed E-state index contributed by atoms with van der Waals surface area (Å²) in [6, 6.07) is 5.75. The Morgan fingerprint density at radius 3 is 2.94 bits per heavy atom. The second kappa shape index (κ2) is 4.99. The molecular weight excluding hydrogens is 291 g/mol. The Kier molecular flexibility index (Phi) is 3.63. The Bertz CT molecular complexity index is 498. The SMILES string of the molecule is OCc1nccn1Cc1ccc(Br)cc1Cl. The first-order valence-corrected chi connectivity index (χ1v) is 5.92. The van der Waals surface area contributed by atoms with Crippen molar-refractivity contribution in [2.75, 3.05) is 0 Å². The molecule has 0 aliphatic heterocycles. The Morgan fingerprint density at radius 1 is 1.44 bits per heavy atom. The van der Waals surface area contributed by atoms with E-state index in [0.717, 1.165) is 10.0 Å². The number of aliphatic hydroxyl groups excluding tert-OH is 1. The summed E-state index contributed by atoms with van der Waals surface area (Å²) >= 11 is 9.47. The maximum Gasteiger partial charge on any atom is 0.134 e. The van der Waals surface area contributed by atoms with Gasteiger partial charge in [-0.3, -0.25) is 0 Å². The highest BCUT2D eigenvalue weighted by Crippen LogP contribution is 2.22. The van der Waals surface area contributed by atoms with Gasteiger partial charge in [-0.1, -0.05) is 33.6 Å². The first-order valence-electron chi connectivity index (χ1n) is 4.75. The lowest BCUT2D eigenvalue weighted by molar-refractivity contribution is 0.266. The minimum absolute atomic E-state index is 0.0683. The largest absolute Gasteiger partial charge is 0.388 e. The Labute approximate surface area is 107 Å². The highest BCUT2D eigenvalue weighted by molar-refractivity contribution is 9.10. The summed E-state index contributed by atoms with van der Waals surface area (Å²) in [6.07, 6.45) is 3.49. The summed E-state index contributed by atoms with van der Waals surface area (Å²) in [4.78, 5) is 4.04. The molecule has 0 aliphatic carbocycles. The van der Waals surface area contributed by atoms with Crippen LogP contribution in [0.5, 0.6) is 0 Å². The van der Waals surface area contributed by atoms with Crippen LogP contribution in [-0.2, 0) is 13.2 Å². The Balaban J connectivity index is 2.27. The molecule has 1 heterocycles. The van der Waals surface area contributed by atoms with Gasteiger partial charge in [0.25, 0.3) is 0 Å². The maximum atomic E-state index is 9.07. The molecule has 0 saturated heterocycles. The van der Waals surface area contributed by atoms with Gasteiger partial charge in [0.1, 0.15) is 12.4 Å². The summed E-state index contributed by atoms with van der Waals surface area (Å²) in [6.45, 7) is 0.545. The molecule has 16 heavy (non-hydrogen) atoms. The number of hydrogen-bond acceptors (Lipinski definition) is 2. The quantitative estimate of drug-likeness (QED) is 0.946. The predicted octanol–water partition coefficient (Wildman–Crippen LogP) is 2.84. The highest BCUT2D eigenvalue weighted by Gasteiger charge is 2.05. The lowest BCUT2D eigenvalue weighted by atomic mass is 10.2. The standard InChI is InChI=1S/C11H10BrClN2O/c12-9-2-1-8(10(13)5-9)6-15-4-3-14-11(15)7-16/h1-5,16H,6-7H2. The van der Waals surface area contributed by atoms with Gasteiger partial charge in [0.05, 0.1) is 6.54 Å². The third-order valence-corrected chi connectivity index (χ3v) is 3.14. The van der Waals surface area contributed by atoms with Crippen LogP contribution in [0.15, 0.2) is 35.1 Å². The number of rotatable bonds is 3. The number of aliphatic hydroxyl groups is 1. The molecule has 1 aromatic heterocycles. The summed E-state index contributed by atoms with van der Waals surface area (Å²) in [5.41, 5.74) is 0.998. The molecule has 3 nitrogen and oxygen atoms in total. The third kappa shape index (κ3) is 2.45. The monoisotopic (exact) mass is 300 g/mol. The molecule has 0 atom stereocenters. The number of aromatic nitrogens is 2. The van der Waals surface area contributed by atoms with E-state index >= 15 is 0 Å². The van der Waals surface area contributed by atoms with E-state index in [-0.39, 0.29) is 6.61 Å². The van der Waals surface area contributed by atoms with Crippen LogP contribution >= 0.6 is 27.5 Å². The molecule has 2 rings (SSSR count). The molecule has 0 radical (unpaired) electrons. The lowest BCUT2D eigenvalue weighted by Crippen LogP contribution is -2.04. The zero-order chi connectivity index (χ0) is 11.5. The van der Waals surface area contributed by atoms with Gasteiger partial charge in [0, 0.05) is 21.9 Å². The van der Waals surface area contributed by atoms with Gasteiger partial charge in [-0.2, -0.15) is 0 Å². The van der Waals surface area contributed by atoms with Crippen molar-refractivity contribution in [1.82, 2.24) is 9.55 Å². The van der Waals surface area contributed by atoms with Crippen LogP contribution in [0.25, 0.3) is 0 Å². The van der Waals surface area contributed by atoms with Crippen molar-refractivity contribution >= 4 is 27.5 Å². The Hall–Kier alpha value is -0.840. The van der Waals surface area contributed by atoms with E-state index in [1.165, 1.54) is 0 Å². The minimum atomic E-state index is -0.0683. The summed E-state index contributed by atoms with van der Waals surface area (Å²) in [5, 5.41) is 9.78. The second-order valence-electron chi connectivity index (χ2n) is 3.37. The van der Waals surface area contributed by atoms with Gasteiger partial charge in [-0.05, 0) is 17.7 Å². The highest BCUT2D eigenvalue weighted by atomic mass is 79.9. The Morgan fingerprint density at radius 2 is 2.25 bits per heavy atom. The van der Waals surface area contributed by atoms with Crippen molar-refractivity contribution in [1.29, 1.82) is 0 Å². The second-order valence-corrected chi connectivity index (χ2v) is 4.69. The zero-order valence-electron chi connectivity index (χ0n) is 8.40. The number of benzene rings is 1. The normalized spacial score (nSPS) is 10.7. The van der Waals surface area contributed by atoms with Gasteiger partial charge < -0.3 is 9.67 Å². The molecule has 0 aliphatic rings. The van der Waals surface area contributed by atoms with Crippen molar-refractivity contribution < 1.29 is 5.11 Å². The van der Waals surface area contributed by atoms with Crippen molar-refractivity contribution in [3.8, 4) is 0 Å². The molecule has 1 aromatic carbocycles. The predicted molar refractivity (Wildman–Crippen MR) is 66.4 cm³/mol. The fraction of sp³-hybridized carbons (Fsp3) is 0.182. The van der Waals surface area contributed by atoms with Gasteiger partial charge >= 0.3 is 0 Å². The number of halogens is 2. The molecule has 0 fully saturated rings. The molecule has 5 heteroatoms. The smallest absolute Gasteiger partial charge is 0.134 e. The van der Waals surface area contributed by atoms with Gasteiger partial charge in [-0.15, -0.1) is 0 Å². The number of imidazole rings is 1. The van der Waals surface area contributed by atoms with E-state index in [9.17, 15) is 0 Å². The lowest BCUT2D eigenvalue weighted by Gasteiger charge is -2.08.